The van der Waals surface area contributed by atoms with Gasteiger partial charge in [-0.2, -0.15) is 0 Å². The van der Waals surface area contributed by atoms with E-state index in [0.29, 0.717) is 5.95 Å². The van der Waals surface area contributed by atoms with Gasteiger partial charge in [-0.25, -0.2) is 9.97 Å². The van der Waals surface area contributed by atoms with E-state index >= 15 is 0 Å². The molecule has 0 atom stereocenters. The molecule has 0 amide bonds. The largest absolute Gasteiger partial charge is 0.368 e. The third-order valence-electron chi connectivity index (χ3n) is 3.28. The van der Waals surface area contributed by atoms with Crippen molar-refractivity contribution in [3.63, 3.8) is 0 Å². The van der Waals surface area contributed by atoms with Crippen molar-refractivity contribution in [1.82, 2.24) is 19.9 Å². The first kappa shape index (κ1) is 12.5. The van der Waals surface area contributed by atoms with Gasteiger partial charge in [0.25, 0.3) is 0 Å². The molecule has 1 aliphatic rings. The van der Waals surface area contributed by atoms with Crippen LogP contribution in [0.4, 0.5) is 5.95 Å². The van der Waals surface area contributed by atoms with Gasteiger partial charge in [-0.3, -0.25) is 9.88 Å². The van der Waals surface area contributed by atoms with E-state index in [9.17, 15) is 0 Å². The van der Waals surface area contributed by atoms with Crippen molar-refractivity contribution in [2.75, 3.05) is 12.3 Å². The lowest BCUT2D eigenvalue weighted by Crippen LogP contribution is -2.31. The van der Waals surface area contributed by atoms with E-state index in [-0.39, 0.29) is 0 Å². The molecule has 1 aliphatic heterocycles. The Morgan fingerprint density at radius 3 is 3.11 bits per heavy atom. The Kier molecular flexibility index (Phi) is 3.44. The van der Waals surface area contributed by atoms with Crippen LogP contribution in [-0.2, 0) is 19.5 Å². The Labute approximate surface area is 120 Å². The van der Waals surface area contributed by atoms with Crippen molar-refractivity contribution < 1.29 is 0 Å². The molecule has 2 aromatic rings. The van der Waals surface area contributed by atoms with Crippen LogP contribution in [0.1, 0.15) is 16.8 Å². The normalized spacial score (nSPS) is 15.2. The van der Waals surface area contributed by atoms with E-state index in [1.807, 2.05) is 24.7 Å². The molecule has 2 N–H and O–H groups in total. The molecule has 3 heterocycles. The molecule has 0 aliphatic carbocycles. The Morgan fingerprint density at radius 2 is 2.26 bits per heavy atom. The number of hydrogen-bond donors (Lipinski definition) is 1. The van der Waals surface area contributed by atoms with Crippen LogP contribution in [0.15, 0.2) is 29.1 Å². The van der Waals surface area contributed by atoms with Crippen LogP contribution in [0.2, 0.25) is 0 Å². The zero-order valence-electron chi connectivity index (χ0n) is 10.4. The van der Waals surface area contributed by atoms with Crippen LogP contribution in [0, 0.1) is 0 Å². The lowest BCUT2D eigenvalue weighted by atomic mass is 10.1. The average Bonchev–Trinajstić information content (AvgIpc) is 2.41. The van der Waals surface area contributed by atoms with E-state index < -0.39 is 0 Å². The van der Waals surface area contributed by atoms with Crippen LogP contribution in [-0.4, -0.2) is 26.4 Å². The minimum Gasteiger partial charge on any atom is -0.368 e. The van der Waals surface area contributed by atoms with E-state index in [1.54, 1.807) is 0 Å². The maximum Gasteiger partial charge on any atom is 0.220 e. The molecule has 98 valence electrons. The highest BCUT2D eigenvalue weighted by atomic mass is 79.9. The molecule has 0 spiro atoms. The highest BCUT2D eigenvalue weighted by molar-refractivity contribution is 9.10. The van der Waals surface area contributed by atoms with Crippen molar-refractivity contribution in [3.8, 4) is 0 Å². The molecule has 0 saturated carbocycles. The monoisotopic (exact) mass is 319 g/mol. The van der Waals surface area contributed by atoms with Crippen molar-refractivity contribution in [2.24, 2.45) is 0 Å². The minimum absolute atomic E-state index is 0.365. The summed E-state index contributed by atoms with van der Waals surface area (Å²) in [4.78, 5) is 14.8. The number of nitrogens with two attached hydrogens (primary N) is 1. The maximum atomic E-state index is 5.61. The standard InChI is InChI=1S/C13H14BrN5/c14-11-6-16-3-1-9(11)7-19-4-2-12-10(8-19)5-17-13(15)18-12/h1,3,5-6H,2,4,7-8H2,(H2,15,17,18). The molecule has 3 rings (SSSR count). The molecule has 6 heteroatoms. The van der Waals surface area contributed by atoms with Crippen molar-refractivity contribution in [1.29, 1.82) is 0 Å². The fourth-order valence-corrected chi connectivity index (χ4v) is 2.67. The van der Waals surface area contributed by atoms with Crippen molar-refractivity contribution in [3.05, 3.63) is 46.0 Å². The molecule has 2 aromatic heterocycles. The first-order valence-corrected chi connectivity index (χ1v) is 6.92. The number of aromatic nitrogens is 3. The third kappa shape index (κ3) is 2.74. The molecule has 5 nitrogen and oxygen atoms in total. The minimum atomic E-state index is 0.365. The summed E-state index contributed by atoms with van der Waals surface area (Å²) in [6.45, 7) is 2.75. The molecule has 0 aromatic carbocycles. The predicted molar refractivity (Wildman–Crippen MR) is 76.2 cm³/mol. The van der Waals surface area contributed by atoms with E-state index in [4.69, 9.17) is 5.73 Å². The molecule has 0 unspecified atom stereocenters. The number of rotatable bonds is 2. The van der Waals surface area contributed by atoms with Crippen molar-refractivity contribution in [2.45, 2.75) is 19.5 Å². The molecule has 0 radical (unpaired) electrons. The number of pyridine rings is 1. The first-order valence-electron chi connectivity index (χ1n) is 6.13. The summed E-state index contributed by atoms with van der Waals surface area (Å²) in [5.74, 6) is 0.365. The van der Waals surface area contributed by atoms with Crippen LogP contribution in [0.5, 0.6) is 0 Å². The van der Waals surface area contributed by atoms with Crippen LogP contribution < -0.4 is 5.73 Å². The van der Waals surface area contributed by atoms with Gasteiger partial charge in [0.1, 0.15) is 0 Å². The Hall–Kier alpha value is -1.53. The van der Waals surface area contributed by atoms with Gasteiger partial charge in [0.2, 0.25) is 5.95 Å². The zero-order valence-corrected chi connectivity index (χ0v) is 12.0. The topological polar surface area (TPSA) is 67.9 Å². The SMILES string of the molecule is Nc1ncc2c(n1)CCN(Cc1ccncc1Br)C2. The number of nitrogens with zero attached hydrogens (tertiary/aromatic N) is 4. The number of nitrogen functional groups attached to an aromatic ring is 1. The fraction of sp³-hybridized carbons (Fsp3) is 0.308. The van der Waals surface area contributed by atoms with E-state index in [1.165, 1.54) is 11.1 Å². The van der Waals surface area contributed by atoms with Gasteiger partial charge in [0, 0.05) is 54.7 Å². The van der Waals surface area contributed by atoms with Gasteiger partial charge in [-0.05, 0) is 27.6 Å². The van der Waals surface area contributed by atoms with Gasteiger partial charge in [0.05, 0.1) is 5.69 Å². The Balaban J connectivity index is 1.76. The van der Waals surface area contributed by atoms with Crippen LogP contribution >= 0.6 is 15.9 Å². The second kappa shape index (κ2) is 5.22. The fourth-order valence-electron chi connectivity index (χ4n) is 2.30. The first-order chi connectivity index (χ1) is 9.22. The summed E-state index contributed by atoms with van der Waals surface area (Å²) in [6, 6.07) is 2.04. The van der Waals surface area contributed by atoms with E-state index in [0.717, 1.165) is 36.2 Å². The third-order valence-corrected chi connectivity index (χ3v) is 4.00. The molecule has 19 heavy (non-hydrogen) atoms. The van der Waals surface area contributed by atoms with Gasteiger partial charge in [-0.15, -0.1) is 0 Å². The summed E-state index contributed by atoms with van der Waals surface area (Å²) in [6.07, 6.45) is 6.41. The Morgan fingerprint density at radius 1 is 1.37 bits per heavy atom. The number of fused-ring (bicyclic) bond motifs is 1. The van der Waals surface area contributed by atoms with Gasteiger partial charge in [-0.1, -0.05) is 0 Å². The molecular weight excluding hydrogens is 306 g/mol. The van der Waals surface area contributed by atoms with Gasteiger partial charge in [0.15, 0.2) is 0 Å². The average molecular weight is 320 g/mol. The lowest BCUT2D eigenvalue weighted by molar-refractivity contribution is 0.242. The second-order valence-corrected chi connectivity index (χ2v) is 5.48. The summed E-state index contributed by atoms with van der Waals surface area (Å²) < 4.78 is 1.05. The smallest absolute Gasteiger partial charge is 0.220 e. The lowest BCUT2D eigenvalue weighted by Gasteiger charge is -2.28. The summed E-state index contributed by atoms with van der Waals surface area (Å²) in [5.41, 5.74) is 9.11. The maximum absolute atomic E-state index is 5.61. The second-order valence-electron chi connectivity index (χ2n) is 4.63. The van der Waals surface area contributed by atoms with E-state index in [2.05, 4.69) is 35.8 Å². The van der Waals surface area contributed by atoms with Gasteiger partial charge < -0.3 is 5.73 Å². The van der Waals surface area contributed by atoms with Crippen LogP contribution in [0.25, 0.3) is 0 Å². The molecule has 0 fully saturated rings. The molecular formula is C13H14BrN5. The summed E-state index contributed by atoms with van der Waals surface area (Å²) in [5, 5.41) is 0. The Bertz CT molecular complexity index is 601. The quantitative estimate of drug-likeness (QED) is 0.913. The van der Waals surface area contributed by atoms with Crippen molar-refractivity contribution >= 4 is 21.9 Å². The zero-order chi connectivity index (χ0) is 13.2. The molecule has 0 saturated heterocycles. The highest BCUT2D eigenvalue weighted by Crippen LogP contribution is 2.21. The van der Waals surface area contributed by atoms with Gasteiger partial charge >= 0.3 is 0 Å². The summed E-state index contributed by atoms with van der Waals surface area (Å²) in [7, 11) is 0. The van der Waals surface area contributed by atoms with Crippen LogP contribution in [0.3, 0.4) is 0 Å². The number of hydrogen-bond acceptors (Lipinski definition) is 5. The molecule has 0 bridgehead atoms. The highest BCUT2D eigenvalue weighted by Gasteiger charge is 2.18. The number of halogens is 1. The predicted octanol–water partition coefficient (Wildman–Crippen LogP) is 1.77. The summed E-state index contributed by atoms with van der Waals surface area (Å²) >= 11 is 3.53. The number of anilines is 1.